The highest BCUT2D eigenvalue weighted by atomic mass is 79.9. The SMILES string of the molecule is C=C/C(=C\C=C/C)CCCCC#Cc1ccc(C(=O)OC)cc1Br. The van der Waals surface area contributed by atoms with E-state index in [1.165, 1.54) is 12.7 Å². The van der Waals surface area contributed by atoms with Crippen molar-refractivity contribution in [1.29, 1.82) is 0 Å². The Hall–Kier alpha value is -2.05. The normalized spacial score (nSPS) is 11.0. The van der Waals surface area contributed by atoms with Crippen molar-refractivity contribution in [2.75, 3.05) is 7.11 Å². The van der Waals surface area contributed by atoms with Crippen molar-refractivity contribution >= 4 is 21.9 Å². The van der Waals surface area contributed by atoms with E-state index < -0.39 is 0 Å². The van der Waals surface area contributed by atoms with Crippen molar-refractivity contribution < 1.29 is 9.53 Å². The third kappa shape index (κ3) is 7.02. The summed E-state index contributed by atoms with van der Waals surface area (Å²) in [4.78, 5) is 11.5. The molecule has 2 nitrogen and oxygen atoms in total. The highest BCUT2D eigenvalue weighted by Crippen LogP contribution is 2.18. The molecule has 0 amide bonds. The van der Waals surface area contributed by atoms with Crippen LogP contribution in [0.15, 0.2) is 59.1 Å². The van der Waals surface area contributed by atoms with E-state index in [9.17, 15) is 4.79 Å². The molecule has 0 aliphatic carbocycles. The third-order valence-corrected chi connectivity index (χ3v) is 4.05. The van der Waals surface area contributed by atoms with E-state index in [1.54, 1.807) is 12.1 Å². The van der Waals surface area contributed by atoms with Crippen molar-refractivity contribution in [3.63, 3.8) is 0 Å². The molecule has 24 heavy (non-hydrogen) atoms. The van der Waals surface area contributed by atoms with E-state index in [0.717, 1.165) is 35.7 Å². The van der Waals surface area contributed by atoms with Crippen LogP contribution in [0.4, 0.5) is 0 Å². The van der Waals surface area contributed by atoms with E-state index in [2.05, 4.69) is 40.4 Å². The van der Waals surface area contributed by atoms with Gasteiger partial charge < -0.3 is 4.74 Å². The molecule has 0 saturated carbocycles. The van der Waals surface area contributed by atoms with Gasteiger partial charge in [-0.05, 0) is 65.9 Å². The molecule has 3 heteroatoms. The fourth-order valence-electron chi connectivity index (χ4n) is 2.03. The largest absolute Gasteiger partial charge is 0.465 e. The molecule has 0 saturated heterocycles. The van der Waals surface area contributed by atoms with Gasteiger partial charge >= 0.3 is 5.97 Å². The maximum atomic E-state index is 11.5. The minimum atomic E-state index is -0.348. The Labute approximate surface area is 153 Å². The molecule has 1 rings (SSSR count). The molecule has 1 aromatic rings. The first kappa shape index (κ1) is 20.0. The molecular formula is C21H23BrO2. The number of halogens is 1. The highest BCUT2D eigenvalue weighted by Gasteiger charge is 2.07. The quantitative estimate of drug-likeness (QED) is 0.254. The lowest BCUT2D eigenvalue weighted by molar-refractivity contribution is 0.0600. The molecule has 0 atom stereocenters. The number of allylic oxidation sites excluding steroid dienone is 5. The van der Waals surface area contributed by atoms with E-state index >= 15 is 0 Å². The van der Waals surface area contributed by atoms with Crippen LogP contribution in [0.3, 0.4) is 0 Å². The number of rotatable bonds is 7. The van der Waals surface area contributed by atoms with Crippen molar-refractivity contribution in [3.05, 3.63) is 70.3 Å². The summed E-state index contributed by atoms with van der Waals surface area (Å²) in [5.74, 6) is 5.98. The number of carbonyl (C=O) groups is 1. The summed E-state index contributed by atoms with van der Waals surface area (Å²) in [6, 6.07) is 5.29. The predicted octanol–water partition coefficient (Wildman–Crippen LogP) is 5.84. The van der Waals surface area contributed by atoms with Gasteiger partial charge in [-0.15, -0.1) is 0 Å². The van der Waals surface area contributed by atoms with Crippen LogP contribution in [0, 0.1) is 11.8 Å². The van der Waals surface area contributed by atoms with Gasteiger partial charge in [0.25, 0.3) is 0 Å². The van der Waals surface area contributed by atoms with Crippen LogP contribution < -0.4 is 0 Å². The van der Waals surface area contributed by atoms with Gasteiger partial charge in [0.2, 0.25) is 0 Å². The van der Waals surface area contributed by atoms with Crippen LogP contribution in [0.1, 0.15) is 48.5 Å². The van der Waals surface area contributed by atoms with Gasteiger partial charge in [-0.1, -0.05) is 42.7 Å². The molecule has 0 unspecified atom stereocenters. The zero-order chi connectivity index (χ0) is 17.8. The number of ether oxygens (including phenoxy) is 1. The third-order valence-electron chi connectivity index (χ3n) is 3.40. The van der Waals surface area contributed by atoms with Crippen molar-refractivity contribution in [3.8, 4) is 11.8 Å². The standard InChI is InChI=1S/C21H23BrO2/c1-4-6-11-17(5-2)12-9-7-8-10-13-18-14-15-19(16-20(18)22)21(23)24-3/h4-6,11,14-16H,2,7-9,12H2,1,3H3/b6-4-,17-11+. The van der Waals surface area contributed by atoms with Crippen LogP contribution in [0.5, 0.6) is 0 Å². The van der Waals surface area contributed by atoms with E-state index in [0.29, 0.717) is 5.56 Å². The number of benzene rings is 1. The molecule has 0 heterocycles. The smallest absolute Gasteiger partial charge is 0.337 e. The Morgan fingerprint density at radius 3 is 2.79 bits per heavy atom. The van der Waals surface area contributed by atoms with Crippen LogP contribution in [-0.4, -0.2) is 13.1 Å². The molecule has 0 fully saturated rings. The fourth-order valence-corrected chi connectivity index (χ4v) is 2.51. The predicted molar refractivity (Wildman–Crippen MR) is 104 cm³/mol. The summed E-state index contributed by atoms with van der Waals surface area (Å²) in [6.45, 7) is 5.84. The summed E-state index contributed by atoms with van der Waals surface area (Å²) in [5, 5.41) is 0. The lowest BCUT2D eigenvalue weighted by Crippen LogP contribution is -2.01. The number of esters is 1. The van der Waals surface area contributed by atoms with Crippen LogP contribution in [-0.2, 0) is 4.74 Å². The zero-order valence-electron chi connectivity index (χ0n) is 14.3. The maximum Gasteiger partial charge on any atom is 0.337 e. The molecule has 0 aliphatic heterocycles. The maximum absolute atomic E-state index is 11.5. The first-order valence-electron chi connectivity index (χ1n) is 7.93. The van der Waals surface area contributed by atoms with Gasteiger partial charge in [-0.3, -0.25) is 0 Å². The first-order valence-corrected chi connectivity index (χ1v) is 8.72. The van der Waals surface area contributed by atoms with Crippen molar-refractivity contribution in [1.82, 2.24) is 0 Å². The Morgan fingerprint density at radius 1 is 1.38 bits per heavy atom. The van der Waals surface area contributed by atoms with Crippen LogP contribution in [0.25, 0.3) is 0 Å². The van der Waals surface area contributed by atoms with Crippen molar-refractivity contribution in [2.45, 2.75) is 32.6 Å². The molecule has 0 N–H and O–H groups in total. The summed E-state index contributed by atoms with van der Waals surface area (Å²) < 4.78 is 5.50. The van der Waals surface area contributed by atoms with Gasteiger partial charge in [-0.2, -0.15) is 0 Å². The van der Waals surface area contributed by atoms with Crippen LogP contribution in [0.2, 0.25) is 0 Å². The average molecular weight is 387 g/mol. The molecule has 1 aromatic carbocycles. The topological polar surface area (TPSA) is 26.3 Å². The second-order valence-electron chi connectivity index (χ2n) is 5.17. The molecular weight excluding hydrogens is 364 g/mol. The fraction of sp³-hybridized carbons (Fsp3) is 0.286. The van der Waals surface area contributed by atoms with Gasteiger partial charge in [-0.25, -0.2) is 4.79 Å². The van der Waals surface area contributed by atoms with Gasteiger partial charge in [0.05, 0.1) is 12.7 Å². The Balaban J connectivity index is 2.49. The Morgan fingerprint density at radius 2 is 2.17 bits per heavy atom. The summed E-state index contributed by atoms with van der Waals surface area (Å²) in [6.07, 6.45) is 12.1. The lowest BCUT2D eigenvalue weighted by atomic mass is 10.1. The van der Waals surface area contributed by atoms with Gasteiger partial charge in [0.1, 0.15) is 0 Å². The number of methoxy groups -OCH3 is 1. The monoisotopic (exact) mass is 386 g/mol. The molecule has 0 aliphatic rings. The zero-order valence-corrected chi connectivity index (χ0v) is 15.9. The van der Waals surface area contributed by atoms with Crippen molar-refractivity contribution in [2.24, 2.45) is 0 Å². The Bertz CT molecular complexity index is 688. The average Bonchev–Trinajstić information content (AvgIpc) is 2.60. The first-order chi connectivity index (χ1) is 11.6. The second-order valence-corrected chi connectivity index (χ2v) is 6.02. The summed E-state index contributed by atoms with van der Waals surface area (Å²) >= 11 is 3.44. The minimum absolute atomic E-state index is 0.348. The molecule has 0 aromatic heterocycles. The number of hydrogen-bond acceptors (Lipinski definition) is 2. The van der Waals surface area contributed by atoms with E-state index in [4.69, 9.17) is 4.74 Å². The highest BCUT2D eigenvalue weighted by molar-refractivity contribution is 9.10. The Kier molecular flexibility index (Phi) is 9.56. The minimum Gasteiger partial charge on any atom is -0.465 e. The molecule has 0 spiro atoms. The molecule has 0 radical (unpaired) electrons. The number of hydrogen-bond donors (Lipinski definition) is 0. The van der Waals surface area contributed by atoms with Gasteiger partial charge in [0.15, 0.2) is 0 Å². The number of carbonyl (C=O) groups excluding carboxylic acids is 1. The summed E-state index contributed by atoms with van der Waals surface area (Å²) in [5.41, 5.74) is 2.64. The van der Waals surface area contributed by atoms with E-state index in [1.807, 2.05) is 31.2 Å². The lowest BCUT2D eigenvalue weighted by Gasteiger charge is -2.01. The molecule has 0 bridgehead atoms. The van der Waals surface area contributed by atoms with E-state index in [-0.39, 0.29) is 5.97 Å². The van der Waals surface area contributed by atoms with Crippen LogP contribution >= 0.6 is 15.9 Å². The molecule has 126 valence electrons. The summed E-state index contributed by atoms with van der Waals surface area (Å²) in [7, 11) is 1.37. The van der Waals surface area contributed by atoms with Gasteiger partial charge in [0, 0.05) is 16.5 Å². The number of unbranched alkanes of at least 4 members (excludes halogenated alkanes) is 2. The second kappa shape index (κ2) is 11.5.